The number of rotatable bonds is 7. The maximum atomic E-state index is 13.1. The molecule has 3 aromatic carbocycles. The van der Waals surface area contributed by atoms with Crippen molar-refractivity contribution in [2.75, 3.05) is 26.6 Å². The second-order valence-electron chi connectivity index (χ2n) is 6.94. The van der Waals surface area contributed by atoms with Gasteiger partial charge in [0, 0.05) is 27.3 Å². The summed E-state index contributed by atoms with van der Waals surface area (Å²) in [4.78, 5) is 14.2. The predicted molar refractivity (Wildman–Crippen MR) is 129 cm³/mol. The summed E-state index contributed by atoms with van der Waals surface area (Å²) in [5.74, 6) is 1.45. The third-order valence-electron chi connectivity index (χ3n) is 5.10. The molecular formula is C26H23NO4S. The van der Waals surface area contributed by atoms with Crippen LogP contribution in [0.15, 0.2) is 78.2 Å². The number of benzene rings is 3. The number of hydrogen-bond donors (Lipinski definition) is 1. The Labute approximate surface area is 191 Å². The number of hydrogen-bond acceptors (Lipinski definition) is 5. The molecule has 0 radical (unpaired) electrons. The van der Waals surface area contributed by atoms with Crippen molar-refractivity contribution in [3.05, 3.63) is 83.7 Å². The van der Waals surface area contributed by atoms with E-state index in [2.05, 4.69) is 5.32 Å². The lowest BCUT2D eigenvalue weighted by atomic mass is 10.0. The highest BCUT2D eigenvalue weighted by Gasteiger charge is 2.18. The molecular weight excluding hydrogens is 422 g/mol. The van der Waals surface area contributed by atoms with Crippen LogP contribution in [0, 0.1) is 0 Å². The molecule has 0 bridgehead atoms. The van der Waals surface area contributed by atoms with E-state index in [1.54, 1.807) is 38.7 Å². The molecule has 0 aliphatic heterocycles. The molecule has 0 unspecified atom stereocenters. The summed E-state index contributed by atoms with van der Waals surface area (Å²) < 4.78 is 16.5. The summed E-state index contributed by atoms with van der Waals surface area (Å²) in [5.41, 5.74) is 3.95. The maximum Gasteiger partial charge on any atom is 0.255 e. The molecule has 5 nitrogen and oxygen atoms in total. The molecule has 162 valence electrons. The highest BCUT2D eigenvalue weighted by atomic mass is 32.1. The Hall–Kier alpha value is -3.77. The highest BCUT2D eigenvalue weighted by molar-refractivity contribution is 7.13. The van der Waals surface area contributed by atoms with E-state index in [1.807, 2.05) is 72.1 Å². The van der Waals surface area contributed by atoms with E-state index in [0.29, 0.717) is 22.8 Å². The molecule has 0 spiro atoms. The van der Waals surface area contributed by atoms with Gasteiger partial charge in [-0.25, -0.2) is 0 Å². The summed E-state index contributed by atoms with van der Waals surface area (Å²) in [6.45, 7) is 0. The lowest BCUT2D eigenvalue weighted by Crippen LogP contribution is -2.12. The summed E-state index contributed by atoms with van der Waals surface area (Å²) in [6, 6.07) is 23.0. The summed E-state index contributed by atoms with van der Waals surface area (Å²) >= 11 is 1.64. The van der Waals surface area contributed by atoms with Crippen LogP contribution in [-0.2, 0) is 0 Å². The molecule has 6 heteroatoms. The molecule has 0 aliphatic carbocycles. The maximum absolute atomic E-state index is 13.1. The van der Waals surface area contributed by atoms with Gasteiger partial charge in [0.2, 0.25) is 5.75 Å². The summed E-state index contributed by atoms with van der Waals surface area (Å²) in [7, 11) is 4.73. The van der Waals surface area contributed by atoms with Crippen LogP contribution in [0.2, 0.25) is 0 Å². The number of methoxy groups -OCH3 is 3. The molecule has 0 saturated heterocycles. The zero-order valence-corrected chi connectivity index (χ0v) is 18.9. The van der Waals surface area contributed by atoms with Gasteiger partial charge in [-0.1, -0.05) is 36.4 Å². The monoisotopic (exact) mass is 445 g/mol. The van der Waals surface area contributed by atoms with E-state index in [9.17, 15) is 4.79 Å². The average Bonchev–Trinajstić information content (AvgIpc) is 3.38. The first-order valence-corrected chi connectivity index (χ1v) is 10.9. The van der Waals surface area contributed by atoms with Gasteiger partial charge in [0.05, 0.1) is 21.3 Å². The van der Waals surface area contributed by atoms with Crippen LogP contribution < -0.4 is 19.5 Å². The number of nitrogens with one attached hydrogen (secondary N) is 1. The van der Waals surface area contributed by atoms with Gasteiger partial charge in [-0.15, -0.1) is 11.3 Å². The van der Waals surface area contributed by atoms with Crippen LogP contribution >= 0.6 is 11.3 Å². The normalized spacial score (nSPS) is 10.5. The predicted octanol–water partition coefficient (Wildman–Crippen LogP) is 6.36. The molecule has 1 heterocycles. The topological polar surface area (TPSA) is 56.8 Å². The molecule has 0 aliphatic rings. The van der Waals surface area contributed by atoms with E-state index in [4.69, 9.17) is 14.2 Å². The first-order chi connectivity index (χ1) is 15.7. The Morgan fingerprint density at radius 2 is 1.59 bits per heavy atom. The van der Waals surface area contributed by atoms with Crippen molar-refractivity contribution < 1.29 is 19.0 Å². The third kappa shape index (κ3) is 4.18. The Kier molecular flexibility index (Phi) is 6.42. The van der Waals surface area contributed by atoms with Crippen molar-refractivity contribution >= 4 is 22.9 Å². The van der Waals surface area contributed by atoms with E-state index in [0.717, 1.165) is 27.3 Å². The van der Waals surface area contributed by atoms with Gasteiger partial charge in [0.1, 0.15) is 0 Å². The number of para-hydroxylation sites is 1. The van der Waals surface area contributed by atoms with Gasteiger partial charge in [-0.05, 0) is 47.3 Å². The second kappa shape index (κ2) is 9.58. The van der Waals surface area contributed by atoms with Gasteiger partial charge in [-0.3, -0.25) is 4.79 Å². The summed E-state index contributed by atoms with van der Waals surface area (Å²) in [5, 5.41) is 5.08. The van der Waals surface area contributed by atoms with Crippen LogP contribution in [0.5, 0.6) is 17.2 Å². The number of thiophene rings is 1. The minimum atomic E-state index is -0.185. The molecule has 0 saturated carbocycles. The number of amides is 1. The first kappa shape index (κ1) is 21.5. The number of carbonyl (C=O) groups excluding carboxylic acids is 1. The third-order valence-corrected chi connectivity index (χ3v) is 6.00. The average molecular weight is 446 g/mol. The lowest BCUT2D eigenvalue weighted by Gasteiger charge is -2.16. The number of carbonyl (C=O) groups is 1. The number of anilines is 1. The van der Waals surface area contributed by atoms with Crippen molar-refractivity contribution in [1.29, 1.82) is 0 Å². The van der Waals surface area contributed by atoms with E-state index in [-0.39, 0.29) is 5.91 Å². The van der Waals surface area contributed by atoms with Gasteiger partial charge < -0.3 is 19.5 Å². The van der Waals surface area contributed by atoms with E-state index < -0.39 is 0 Å². The minimum absolute atomic E-state index is 0.185. The molecule has 1 N–H and O–H groups in total. The van der Waals surface area contributed by atoms with Crippen LogP contribution in [-0.4, -0.2) is 27.2 Å². The smallest absolute Gasteiger partial charge is 0.255 e. The van der Waals surface area contributed by atoms with Crippen LogP contribution in [0.4, 0.5) is 5.69 Å². The fraction of sp³-hybridized carbons (Fsp3) is 0.115. The quantitative estimate of drug-likeness (QED) is 0.360. The SMILES string of the molecule is COc1ccc(-c2cccc(C(=O)Nc3ccccc3-c3cccs3)c2)c(OC)c1OC. The Morgan fingerprint density at radius 3 is 2.31 bits per heavy atom. The van der Waals surface area contributed by atoms with Crippen LogP contribution in [0.1, 0.15) is 10.4 Å². The van der Waals surface area contributed by atoms with Gasteiger partial charge >= 0.3 is 0 Å². The molecule has 4 aromatic rings. The lowest BCUT2D eigenvalue weighted by molar-refractivity contribution is 0.102. The van der Waals surface area contributed by atoms with Crippen LogP contribution in [0.3, 0.4) is 0 Å². The highest BCUT2D eigenvalue weighted by Crippen LogP contribution is 2.44. The largest absolute Gasteiger partial charge is 0.493 e. The minimum Gasteiger partial charge on any atom is -0.493 e. The zero-order chi connectivity index (χ0) is 22.5. The van der Waals surface area contributed by atoms with Gasteiger partial charge in [0.25, 0.3) is 5.91 Å². The molecule has 32 heavy (non-hydrogen) atoms. The molecule has 1 aromatic heterocycles. The van der Waals surface area contributed by atoms with Crippen molar-refractivity contribution in [3.63, 3.8) is 0 Å². The molecule has 0 atom stereocenters. The fourth-order valence-electron chi connectivity index (χ4n) is 3.59. The summed E-state index contributed by atoms with van der Waals surface area (Å²) in [6.07, 6.45) is 0. The van der Waals surface area contributed by atoms with Crippen molar-refractivity contribution in [3.8, 4) is 38.8 Å². The molecule has 4 rings (SSSR count). The molecule has 0 fully saturated rings. The fourth-order valence-corrected chi connectivity index (χ4v) is 4.36. The van der Waals surface area contributed by atoms with Crippen molar-refractivity contribution in [2.45, 2.75) is 0 Å². The Balaban J connectivity index is 1.67. The number of ether oxygens (including phenoxy) is 3. The van der Waals surface area contributed by atoms with E-state index >= 15 is 0 Å². The second-order valence-corrected chi connectivity index (χ2v) is 7.89. The Bertz CT molecular complexity index is 1230. The van der Waals surface area contributed by atoms with Gasteiger partial charge in [0.15, 0.2) is 11.5 Å². The first-order valence-electron chi connectivity index (χ1n) is 10.00. The van der Waals surface area contributed by atoms with Crippen LogP contribution in [0.25, 0.3) is 21.6 Å². The van der Waals surface area contributed by atoms with Crippen molar-refractivity contribution in [2.24, 2.45) is 0 Å². The van der Waals surface area contributed by atoms with E-state index in [1.165, 1.54) is 0 Å². The zero-order valence-electron chi connectivity index (χ0n) is 18.0. The van der Waals surface area contributed by atoms with Gasteiger partial charge in [-0.2, -0.15) is 0 Å². The standard InChI is InChI=1S/C26H23NO4S/c1-29-22-14-13-19(24(30-2)25(22)31-3)17-8-6-9-18(16-17)26(28)27-21-11-5-4-10-20(21)23-12-7-15-32-23/h4-16H,1-3H3,(H,27,28). The molecule has 1 amide bonds. The van der Waals surface area contributed by atoms with Crippen molar-refractivity contribution in [1.82, 2.24) is 0 Å². The Morgan fingerprint density at radius 1 is 0.781 bits per heavy atom.